The van der Waals surface area contributed by atoms with Crippen molar-refractivity contribution < 1.29 is 14.3 Å². The minimum absolute atomic E-state index is 0.183. The third kappa shape index (κ3) is 2.83. The van der Waals surface area contributed by atoms with Gasteiger partial charge in [0.2, 0.25) is 0 Å². The number of hydrogen-bond acceptors (Lipinski definition) is 1. The molecule has 0 aliphatic heterocycles. The third-order valence-corrected chi connectivity index (χ3v) is 2.50. The van der Waals surface area contributed by atoms with Crippen LogP contribution in [-0.4, -0.2) is 11.1 Å². The minimum Gasteiger partial charge on any atom is -0.478 e. The summed E-state index contributed by atoms with van der Waals surface area (Å²) in [4.78, 5) is 11.2. The molecule has 18 heavy (non-hydrogen) atoms. The third-order valence-electron chi connectivity index (χ3n) is 2.50. The number of hydrogen-bond donors (Lipinski definition) is 1. The van der Waals surface area contributed by atoms with Gasteiger partial charge < -0.3 is 5.11 Å². The summed E-state index contributed by atoms with van der Waals surface area (Å²) in [6, 6.07) is 14.5. The van der Waals surface area contributed by atoms with Crippen LogP contribution in [0.15, 0.2) is 54.6 Å². The molecule has 0 fully saturated rings. The molecular formula is C15H11FO2. The van der Waals surface area contributed by atoms with Crippen molar-refractivity contribution in [2.24, 2.45) is 0 Å². The molecule has 0 bridgehead atoms. The standard InChI is InChI=1S/C15H11FO2/c16-13-8-6-11(7-9-13)10-14(15(17)18)12-4-2-1-3-5-12/h1-10H,(H,17,18)/b14-10+. The lowest BCUT2D eigenvalue weighted by atomic mass is 10.0. The van der Waals surface area contributed by atoms with Gasteiger partial charge in [0.05, 0.1) is 5.57 Å². The molecule has 0 heterocycles. The highest BCUT2D eigenvalue weighted by Gasteiger charge is 2.09. The van der Waals surface area contributed by atoms with Crippen LogP contribution in [-0.2, 0) is 4.79 Å². The van der Waals surface area contributed by atoms with E-state index in [0.29, 0.717) is 11.1 Å². The molecule has 90 valence electrons. The lowest BCUT2D eigenvalue weighted by molar-refractivity contribution is -0.130. The molecule has 0 saturated heterocycles. The van der Waals surface area contributed by atoms with Crippen LogP contribution in [0.4, 0.5) is 4.39 Å². The molecule has 3 heteroatoms. The van der Waals surface area contributed by atoms with Crippen LogP contribution in [0.1, 0.15) is 11.1 Å². The molecule has 0 amide bonds. The van der Waals surface area contributed by atoms with Gasteiger partial charge in [-0.05, 0) is 29.3 Å². The zero-order valence-electron chi connectivity index (χ0n) is 9.51. The maximum absolute atomic E-state index is 12.8. The highest BCUT2D eigenvalue weighted by atomic mass is 19.1. The van der Waals surface area contributed by atoms with Crippen LogP contribution in [0.2, 0.25) is 0 Å². The summed E-state index contributed by atoms with van der Waals surface area (Å²) in [6.45, 7) is 0. The molecule has 0 radical (unpaired) electrons. The quantitative estimate of drug-likeness (QED) is 0.661. The number of rotatable bonds is 3. The molecule has 0 aliphatic rings. The van der Waals surface area contributed by atoms with Gasteiger partial charge in [-0.15, -0.1) is 0 Å². The normalized spacial score (nSPS) is 11.3. The maximum Gasteiger partial charge on any atom is 0.336 e. The first-order valence-electron chi connectivity index (χ1n) is 5.43. The van der Waals surface area contributed by atoms with Crippen LogP contribution < -0.4 is 0 Å². The van der Waals surface area contributed by atoms with E-state index in [1.165, 1.54) is 18.2 Å². The number of carboxylic acid groups (broad SMARTS) is 1. The fourth-order valence-electron chi connectivity index (χ4n) is 1.61. The zero-order chi connectivity index (χ0) is 13.0. The number of halogens is 1. The van der Waals surface area contributed by atoms with E-state index in [2.05, 4.69) is 0 Å². The SMILES string of the molecule is O=C(O)/C(=C/c1ccc(F)cc1)c1ccccc1. The Labute approximate surface area is 104 Å². The fraction of sp³-hybridized carbons (Fsp3) is 0. The van der Waals surface area contributed by atoms with Gasteiger partial charge in [0, 0.05) is 0 Å². The first-order valence-corrected chi connectivity index (χ1v) is 5.43. The average Bonchev–Trinajstić information content (AvgIpc) is 2.38. The van der Waals surface area contributed by atoms with E-state index in [9.17, 15) is 14.3 Å². The molecule has 0 aromatic heterocycles. The van der Waals surface area contributed by atoms with Crippen LogP contribution in [0.5, 0.6) is 0 Å². The summed E-state index contributed by atoms with van der Waals surface area (Å²) in [5.41, 5.74) is 1.45. The Bertz CT molecular complexity index is 571. The van der Waals surface area contributed by atoms with Crippen LogP contribution in [0.25, 0.3) is 11.6 Å². The highest BCUT2D eigenvalue weighted by molar-refractivity contribution is 6.20. The summed E-state index contributed by atoms with van der Waals surface area (Å²) in [5.74, 6) is -1.35. The van der Waals surface area contributed by atoms with Crippen LogP contribution in [0, 0.1) is 5.82 Å². The molecule has 0 unspecified atom stereocenters. The minimum atomic E-state index is -1.01. The maximum atomic E-state index is 12.8. The molecule has 2 rings (SSSR count). The Morgan fingerprint density at radius 2 is 1.61 bits per heavy atom. The first-order chi connectivity index (χ1) is 8.66. The highest BCUT2D eigenvalue weighted by Crippen LogP contribution is 2.18. The van der Waals surface area contributed by atoms with E-state index in [1.807, 2.05) is 6.07 Å². The van der Waals surface area contributed by atoms with Crippen LogP contribution in [0.3, 0.4) is 0 Å². The van der Waals surface area contributed by atoms with Gasteiger partial charge in [-0.2, -0.15) is 0 Å². The number of carbonyl (C=O) groups is 1. The van der Waals surface area contributed by atoms with Crippen molar-refractivity contribution in [3.8, 4) is 0 Å². The molecule has 1 N–H and O–H groups in total. The second-order valence-electron chi connectivity index (χ2n) is 3.78. The van der Waals surface area contributed by atoms with Gasteiger partial charge in [-0.3, -0.25) is 0 Å². The molecule has 2 aromatic rings. The Kier molecular flexibility index (Phi) is 3.53. The molecule has 0 spiro atoms. The van der Waals surface area contributed by atoms with E-state index >= 15 is 0 Å². The second kappa shape index (κ2) is 5.27. The topological polar surface area (TPSA) is 37.3 Å². The van der Waals surface area contributed by atoms with E-state index in [0.717, 1.165) is 0 Å². The summed E-state index contributed by atoms with van der Waals surface area (Å²) in [5, 5.41) is 9.20. The van der Waals surface area contributed by atoms with Gasteiger partial charge in [0.1, 0.15) is 5.82 Å². The predicted octanol–water partition coefficient (Wildman–Crippen LogP) is 3.45. The van der Waals surface area contributed by atoms with Crippen molar-refractivity contribution in [2.75, 3.05) is 0 Å². The monoisotopic (exact) mass is 242 g/mol. The van der Waals surface area contributed by atoms with Crippen molar-refractivity contribution in [3.63, 3.8) is 0 Å². The molecule has 2 aromatic carbocycles. The summed E-state index contributed by atoms with van der Waals surface area (Å²) in [7, 11) is 0. The predicted molar refractivity (Wildman–Crippen MR) is 68.3 cm³/mol. The largest absolute Gasteiger partial charge is 0.478 e. The Hall–Kier alpha value is -2.42. The van der Waals surface area contributed by atoms with Gasteiger partial charge in [-0.1, -0.05) is 42.5 Å². The van der Waals surface area contributed by atoms with Crippen molar-refractivity contribution in [1.82, 2.24) is 0 Å². The smallest absolute Gasteiger partial charge is 0.336 e. The van der Waals surface area contributed by atoms with E-state index in [-0.39, 0.29) is 11.4 Å². The van der Waals surface area contributed by atoms with Gasteiger partial charge in [-0.25, -0.2) is 9.18 Å². The Balaban J connectivity index is 2.43. The number of benzene rings is 2. The summed E-state index contributed by atoms with van der Waals surface area (Å²) in [6.07, 6.45) is 1.52. The van der Waals surface area contributed by atoms with E-state index in [1.54, 1.807) is 36.4 Å². The van der Waals surface area contributed by atoms with Crippen molar-refractivity contribution in [3.05, 3.63) is 71.5 Å². The Morgan fingerprint density at radius 3 is 2.17 bits per heavy atom. The van der Waals surface area contributed by atoms with E-state index in [4.69, 9.17) is 0 Å². The zero-order valence-corrected chi connectivity index (χ0v) is 9.51. The molecule has 2 nitrogen and oxygen atoms in total. The summed E-state index contributed by atoms with van der Waals surface area (Å²) >= 11 is 0. The average molecular weight is 242 g/mol. The lowest BCUT2D eigenvalue weighted by Gasteiger charge is -2.02. The first kappa shape index (κ1) is 12.0. The number of aliphatic carboxylic acids is 1. The van der Waals surface area contributed by atoms with Gasteiger partial charge >= 0.3 is 5.97 Å². The van der Waals surface area contributed by atoms with Crippen molar-refractivity contribution in [2.45, 2.75) is 0 Å². The fourth-order valence-corrected chi connectivity index (χ4v) is 1.61. The molecule has 0 atom stereocenters. The molecular weight excluding hydrogens is 231 g/mol. The second-order valence-corrected chi connectivity index (χ2v) is 3.78. The summed E-state index contributed by atoms with van der Waals surface area (Å²) < 4.78 is 12.8. The van der Waals surface area contributed by atoms with Gasteiger partial charge in [0.25, 0.3) is 0 Å². The Morgan fingerprint density at radius 1 is 1.00 bits per heavy atom. The molecule has 0 saturated carbocycles. The van der Waals surface area contributed by atoms with Crippen molar-refractivity contribution in [1.29, 1.82) is 0 Å². The van der Waals surface area contributed by atoms with Gasteiger partial charge in [0.15, 0.2) is 0 Å². The molecule has 0 aliphatic carbocycles. The lowest BCUT2D eigenvalue weighted by Crippen LogP contribution is -1.99. The van der Waals surface area contributed by atoms with Crippen molar-refractivity contribution >= 4 is 17.6 Å². The van der Waals surface area contributed by atoms with Crippen LogP contribution >= 0.6 is 0 Å². The van der Waals surface area contributed by atoms with E-state index < -0.39 is 5.97 Å². The number of carboxylic acids is 1.